The number of nitrogen functional groups attached to an aromatic ring is 1. The predicted molar refractivity (Wildman–Crippen MR) is 87.6 cm³/mol. The van der Waals surface area contributed by atoms with Crippen molar-refractivity contribution in [3.63, 3.8) is 0 Å². The highest BCUT2D eigenvalue weighted by atomic mass is 32.1. The second kappa shape index (κ2) is 5.30. The fourth-order valence-electron chi connectivity index (χ4n) is 2.90. The fraction of sp³-hybridized carbons (Fsp3) is 0.500. The van der Waals surface area contributed by atoms with Crippen LogP contribution in [0.25, 0.3) is 10.1 Å². The lowest BCUT2D eigenvalue weighted by atomic mass is 9.85. The summed E-state index contributed by atoms with van der Waals surface area (Å²) in [4.78, 5) is 19.5. The molecule has 2 N–H and O–H groups in total. The van der Waals surface area contributed by atoms with E-state index in [2.05, 4.69) is 18.8 Å². The van der Waals surface area contributed by atoms with Crippen LogP contribution in [-0.2, 0) is 0 Å². The van der Waals surface area contributed by atoms with Gasteiger partial charge >= 0.3 is 0 Å². The van der Waals surface area contributed by atoms with Gasteiger partial charge in [-0.05, 0) is 30.7 Å². The van der Waals surface area contributed by atoms with E-state index in [-0.39, 0.29) is 5.91 Å². The quantitative estimate of drug-likeness (QED) is 0.876. The smallest absolute Gasteiger partial charge is 0.266 e. The van der Waals surface area contributed by atoms with E-state index >= 15 is 0 Å². The monoisotopic (exact) mass is 303 g/mol. The molecule has 0 spiro atoms. The Hall–Kier alpha value is -1.62. The second-order valence-corrected chi connectivity index (χ2v) is 7.58. The van der Waals surface area contributed by atoms with Gasteiger partial charge in [0.25, 0.3) is 5.91 Å². The zero-order valence-corrected chi connectivity index (χ0v) is 13.4. The lowest BCUT2D eigenvalue weighted by Gasteiger charge is -2.23. The molecule has 2 aromatic rings. The lowest BCUT2D eigenvalue weighted by Crippen LogP contribution is -2.32. The molecular formula is C16H21N3OS. The number of nitrogens with two attached hydrogens (primary N) is 1. The molecule has 0 aliphatic carbocycles. The molecule has 0 saturated carbocycles. The van der Waals surface area contributed by atoms with Gasteiger partial charge in [0.2, 0.25) is 0 Å². The van der Waals surface area contributed by atoms with Gasteiger partial charge in [0.05, 0.1) is 10.4 Å². The Morgan fingerprint density at radius 3 is 2.95 bits per heavy atom. The molecule has 112 valence electrons. The summed E-state index contributed by atoms with van der Waals surface area (Å²) in [6.45, 7) is 6.20. The number of hydrogen-bond donors (Lipinski definition) is 1. The fourth-order valence-corrected chi connectivity index (χ4v) is 3.96. The number of nitrogens with zero attached hydrogens (tertiary/aromatic N) is 2. The summed E-state index contributed by atoms with van der Waals surface area (Å²) in [6, 6.07) is 1.88. The molecule has 3 rings (SSSR count). The highest BCUT2D eigenvalue weighted by Crippen LogP contribution is 2.35. The highest BCUT2D eigenvalue weighted by molar-refractivity contribution is 7.21. The number of carbonyl (C=O) groups excluding carboxylic acids is 1. The van der Waals surface area contributed by atoms with E-state index in [1.165, 1.54) is 17.8 Å². The Labute approximate surface area is 129 Å². The Kier molecular flexibility index (Phi) is 3.61. The van der Waals surface area contributed by atoms with Gasteiger partial charge in [-0.25, -0.2) is 0 Å². The second-order valence-electron chi connectivity index (χ2n) is 6.53. The molecular weight excluding hydrogens is 282 g/mol. The number of fused-ring (bicyclic) bond motifs is 1. The van der Waals surface area contributed by atoms with E-state index in [1.807, 2.05) is 11.0 Å². The molecule has 0 unspecified atom stereocenters. The van der Waals surface area contributed by atoms with Crippen LogP contribution >= 0.6 is 11.3 Å². The minimum atomic E-state index is 0.0754. The van der Waals surface area contributed by atoms with Crippen LogP contribution in [0.2, 0.25) is 0 Å². The van der Waals surface area contributed by atoms with Crippen LogP contribution in [-0.4, -0.2) is 28.9 Å². The lowest BCUT2D eigenvalue weighted by molar-refractivity contribution is 0.0763. The van der Waals surface area contributed by atoms with Gasteiger partial charge in [-0.3, -0.25) is 9.78 Å². The third-order valence-corrected chi connectivity index (χ3v) is 5.50. The number of likely N-dealkylation sites (tertiary alicyclic amines) is 1. The number of thiophene rings is 1. The van der Waals surface area contributed by atoms with Crippen molar-refractivity contribution in [2.45, 2.75) is 33.1 Å². The molecule has 5 heteroatoms. The van der Waals surface area contributed by atoms with Crippen molar-refractivity contribution >= 4 is 33.0 Å². The maximum absolute atomic E-state index is 12.8. The van der Waals surface area contributed by atoms with E-state index in [0.717, 1.165) is 36.0 Å². The Morgan fingerprint density at radius 1 is 1.38 bits per heavy atom. The first-order valence-electron chi connectivity index (χ1n) is 7.39. The normalized spacial score (nSPS) is 18.7. The van der Waals surface area contributed by atoms with Gasteiger partial charge in [0.15, 0.2) is 0 Å². The molecule has 1 aliphatic heterocycles. The molecule has 0 bridgehead atoms. The summed E-state index contributed by atoms with van der Waals surface area (Å²) in [7, 11) is 0. The van der Waals surface area contributed by atoms with Gasteiger partial charge < -0.3 is 10.6 Å². The molecule has 0 atom stereocenters. The summed E-state index contributed by atoms with van der Waals surface area (Å²) in [6.07, 6.45) is 6.77. The maximum Gasteiger partial charge on any atom is 0.266 e. The van der Waals surface area contributed by atoms with Crippen LogP contribution in [0, 0.1) is 5.41 Å². The number of aromatic nitrogens is 1. The van der Waals surface area contributed by atoms with Crippen molar-refractivity contribution in [3.8, 4) is 0 Å². The first-order valence-corrected chi connectivity index (χ1v) is 8.21. The van der Waals surface area contributed by atoms with E-state index < -0.39 is 0 Å². The van der Waals surface area contributed by atoms with E-state index in [9.17, 15) is 4.79 Å². The standard InChI is InChI=1S/C16H21N3OS/c1-16(2)5-3-8-19(9-6-16)15(20)14-13(17)11-4-7-18-10-12(11)21-14/h4,7,10H,3,5-6,8-9,17H2,1-2H3. The summed E-state index contributed by atoms with van der Waals surface area (Å²) < 4.78 is 0.980. The minimum Gasteiger partial charge on any atom is -0.397 e. The van der Waals surface area contributed by atoms with Crippen molar-refractivity contribution in [2.75, 3.05) is 18.8 Å². The SMILES string of the molecule is CC1(C)CCCN(C(=O)c2sc3cnccc3c2N)CC1. The van der Waals surface area contributed by atoms with Crippen LogP contribution < -0.4 is 5.73 Å². The molecule has 0 aromatic carbocycles. The number of hydrogen-bond acceptors (Lipinski definition) is 4. The summed E-state index contributed by atoms with van der Waals surface area (Å²) in [5.74, 6) is 0.0754. The number of carbonyl (C=O) groups is 1. The first-order chi connectivity index (χ1) is 9.98. The summed E-state index contributed by atoms with van der Waals surface area (Å²) in [5, 5.41) is 0.938. The summed E-state index contributed by atoms with van der Waals surface area (Å²) >= 11 is 1.45. The van der Waals surface area contributed by atoms with E-state index in [0.29, 0.717) is 16.0 Å². The Morgan fingerprint density at radius 2 is 2.19 bits per heavy atom. The molecule has 3 heterocycles. The molecule has 1 aliphatic rings. The van der Waals surface area contributed by atoms with Crippen LogP contribution in [0.15, 0.2) is 18.5 Å². The van der Waals surface area contributed by atoms with Gasteiger partial charge in [0, 0.05) is 30.9 Å². The maximum atomic E-state index is 12.8. The average Bonchev–Trinajstić information content (AvgIpc) is 2.67. The van der Waals surface area contributed by atoms with Crippen molar-refractivity contribution in [2.24, 2.45) is 5.41 Å². The van der Waals surface area contributed by atoms with Crippen molar-refractivity contribution in [1.29, 1.82) is 0 Å². The Balaban J connectivity index is 1.88. The zero-order chi connectivity index (χ0) is 15.0. The molecule has 1 fully saturated rings. The summed E-state index contributed by atoms with van der Waals surface area (Å²) in [5.41, 5.74) is 7.10. The van der Waals surface area contributed by atoms with Crippen LogP contribution in [0.5, 0.6) is 0 Å². The molecule has 21 heavy (non-hydrogen) atoms. The van der Waals surface area contributed by atoms with Gasteiger partial charge in [-0.1, -0.05) is 13.8 Å². The van der Waals surface area contributed by atoms with Crippen LogP contribution in [0.4, 0.5) is 5.69 Å². The average molecular weight is 303 g/mol. The first kappa shape index (κ1) is 14.3. The van der Waals surface area contributed by atoms with Crippen molar-refractivity contribution < 1.29 is 4.79 Å². The minimum absolute atomic E-state index is 0.0754. The van der Waals surface area contributed by atoms with E-state index in [4.69, 9.17) is 5.73 Å². The highest BCUT2D eigenvalue weighted by Gasteiger charge is 2.28. The predicted octanol–water partition coefficient (Wildman–Crippen LogP) is 3.53. The molecule has 4 nitrogen and oxygen atoms in total. The number of rotatable bonds is 1. The van der Waals surface area contributed by atoms with Crippen molar-refractivity contribution in [1.82, 2.24) is 9.88 Å². The molecule has 2 aromatic heterocycles. The molecule has 1 saturated heterocycles. The van der Waals surface area contributed by atoms with Crippen LogP contribution in [0.3, 0.4) is 0 Å². The number of amides is 1. The number of anilines is 1. The topological polar surface area (TPSA) is 59.2 Å². The van der Waals surface area contributed by atoms with Gasteiger partial charge in [0.1, 0.15) is 4.88 Å². The third-order valence-electron chi connectivity index (χ3n) is 4.35. The zero-order valence-electron chi connectivity index (χ0n) is 12.6. The number of pyridine rings is 1. The third kappa shape index (κ3) is 2.75. The largest absolute Gasteiger partial charge is 0.397 e. The van der Waals surface area contributed by atoms with Gasteiger partial charge in [-0.2, -0.15) is 0 Å². The van der Waals surface area contributed by atoms with Gasteiger partial charge in [-0.15, -0.1) is 11.3 Å². The van der Waals surface area contributed by atoms with Crippen LogP contribution in [0.1, 0.15) is 42.8 Å². The molecule has 1 amide bonds. The molecule has 0 radical (unpaired) electrons. The van der Waals surface area contributed by atoms with Crippen molar-refractivity contribution in [3.05, 3.63) is 23.3 Å². The Bertz CT molecular complexity index is 677. The van der Waals surface area contributed by atoms with E-state index in [1.54, 1.807) is 12.4 Å².